The predicted molar refractivity (Wildman–Crippen MR) is 60.0 cm³/mol. The molecule has 0 spiro atoms. The van der Waals surface area contributed by atoms with Gasteiger partial charge in [0.25, 0.3) is 0 Å². The van der Waals surface area contributed by atoms with Gasteiger partial charge in [0, 0.05) is 4.47 Å². The largest absolute Gasteiger partial charge is 0.461 e. The Bertz CT molecular complexity index is 488. The van der Waals surface area contributed by atoms with Crippen LogP contribution in [-0.2, 0) is 9.53 Å². The van der Waals surface area contributed by atoms with Gasteiger partial charge >= 0.3 is 11.9 Å². The number of hydrogen-bond donors (Lipinski definition) is 0. The average molecular weight is 325 g/mol. The van der Waals surface area contributed by atoms with E-state index in [1.165, 1.54) is 13.0 Å². The Morgan fingerprint density at radius 2 is 2.00 bits per heavy atom. The van der Waals surface area contributed by atoms with Crippen LogP contribution < -0.4 is 0 Å². The fourth-order valence-corrected chi connectivity index (χ4v) is 1.49. The second-order valence-electron chi connectivity index (χ2n) is 3.25. The molecular weight excluding hydrogens is 317 g/mol. The maximum Gasteiger partial charge on any atom is 0.404 e. The number of esters is 1. The maximum absolute atomic E-state index is 13.4. The lowest BCUT2D eigenvalue weighted by Gasteiger charge is -2.13. The van der Waals surface area contributed by atoms with Crippen LogP contribution in [0.1, 0.15) is 17.3 Å². The monoisotopic (exact) mass is 324 g/mol. The van der Waals surface area contributed by atoms with Crippen LogP contribution in [0.4, 0.5) is 13.2 Å². The topological polar surface area (TPSA) is 43.4 Å². The van der Waals surface area contributed by atoms with Gasteiger partial charge in [-0.3, -0.25) is 4.79 Å². The highest BCUT2D eigenvalue weighted by molar-refractivity contribution is 9.10. The number of hydrogen-bond acceptors (Lipinski definition) is 3. The predicted octanol–water partition coefficient (Wildman–Crippen LogP) is 2.97. The zero-order chi connectivity index (χ0) is 13.9. The number of alkyl halides is 2. The molecule has 18 heavy (non-hydrogen) atoms. The minimum Gasteiger partial charge on any atom is -0.461 e. The Labute approximate surface area is 109 Å². The van der Waals surface area contributed by atoms with Crippen LogP contribution in [0.3, 0.4) is 0 Å². The molecular formula is C11H8BrF3O3. The van der Waals surface area contributed by atoms with E-state index in [2.05, 4.69) is 20.7 Å². The van der Waals surface area contributed by atoms with Crippen molar-refractivity contribution in [2.75, 3.05) is 6.61 Å². The molecule has 0 N–H and O–H groups in total. The third-order valence-corrected chi connectivity index (χ3v) is 2.49. The summed E-state index contributed by atoms with van der Waals surface area (Å²) in [5, 5.41) is 0. The van der Waals surface area contributed by atoms with E-state index in [4.69, 9.17) is 0 Å². The van der Waals surface area contributed by atoms with Gasteiger partial charge in [-0.1, -0.05) is 15.9 Å². The van der Waals surface area contributed by atoms with Gasteiger partial charge in [0.15, 0.2) is 0 Å². The van der Waals surface area contributed by atoms with Crippen molar-refractivity contribution in [3.05, 3.63) is 34.1 Å². The minimum atomic E-state index is -4.40. The van der Waals surface area contributed by atoms with Crippen molar-refractivity contribution in [2.45, 2.75) is 12.8 Å². The van der Waals surface area contributed by atoms with E-state index in [0.29, 0.717) is 0 Å². The van der Waals surface area contributed by atoms with Crippen LogP contribution in [-0.4, -0.2) is 24.3 Å². The molecule has 98 valence electrons. The molecule has 0 atom stereocenters. The molecule has 0 amide bonds. The summed E-state index contributed by atoms with van der Waals surface area (Å²) in [6, 6.07) is 2.95. The molecule has 0 heterocycles. The average Bonchev–Trinajstić information content (AvgIpc) is 2.28. The summed E-state index contributed by atoms with van der Waals surface area (Å²) in [5.41, 5.74) is -0.865. The molecule has 0 saturated heterocycles. The standard InChI is InChI=1S/C11H8BrF3O3/c1-2-18-10(17)11(14,15)9(16)7-4-3-6(12)5-8(7)13/h3-5H,2H2,1H3. The Hall–Kier alpha value is -1.37. The van der Waals surface area contributed by atoms with Gasteiger partial charge in [-0.05, 0) is 25.1 Å². The normalized spacial score (nSPS) is 11.2. The second kappa shape index (κ2) is 5.51. The molecule has 0 aliphatic heterocycles. The van der Waals surface area contributed by atoms with Crippen LogP contribution in [0.15, 0.2) is 22.7 Å². The molecule has 1 aromatic carbocycles. The van der Waals surface area contributed by atoms with Crippen LogP contribution in [0.5, 0.6) is 0 Å². The summed E-state index contributed by atoms with van der Waals surface area (Å²) in [6.07, 6.45) is 0. The smallest absolute Gasteiger partial charge is 0.404 e. The van der Waals surface area contributed by atoms with Crippen LogP contribution in [0, 0.1) is 5.82 Å². The zero-order valence-electron chi connectivity index (χ0n) is 9.18. The van der Waals surface area contributed by atoms with Crippen LogP contribution in [0.25, 0.3) is 0 Å². The first-order chi connectivity index (χ1) is 8.30. The van der Waals surface area contributed by atoms with Crippen molar-refractivity contribution in [3.8, 4) is 0 Å². The Morgan fingerprint density at radius 1 is 1.39 bits per heavy atom. The van der Waals surface area contributed by atoms with Crippen molar-refractivity contribution in [1.82, 2.24) is 0 Å². The molecule has 0 radical (unpaired) electrons. The van der Waals surface area contributed by atoms with E-state index < -0.39 is 29.1 Å². The van der Waals surface area contributed by atoms with E-state index >= 15 is 0 Å². The zero-order valence-corrected chi connectivity index (χ0v) is 10.8. The second-order valence-corrected chi connectivity index (χ2v) is 4.16. The van der Waals surface area contributed by atoms with Gasteiger partial charge in [0.1, 0.15) is 5.82 Å². The highest BCUT2D eigenvalue weighted by atomic mass is 79.9. The minimum absolute atomic E-state index is 0.288. The van der Waals surface area contributed by atoms with Crippen molar-refractivity contribution >= 4 is 27.7 Å². The van der Waals surface area contributed by atoms with E-state index in [1.807, 2.05) is 0 Å². The molecule has 0 aromatic heterocycles. The first-order valence-corrected chi connectivity index (χ1v) is 5.65. The van der Waals surface area contributed by atoms with Gasteiger partial charge in [-0.15, -0.1) is 0 Å². The lowest BCUT2D eigenvalue weighted by molar-refractivity contribution is -0.164. The van der Waals surface area contributed by atoms with Crippen molar-refractivity contribution in [1.29, 1.82) is 0 Å². The fraction of sp³-hybridized carbons (Fsp3) is 0.273. The summed E-state index contributed by atoms with van der Waals surface area (Å²) in [6.45, 7) is 1.02. The van der Waals surface area contributed by atoms with E-state index in [0.717, 1.165) is 12.1 Å². The number of benzene rings is 1. The quantitative estimate of drug-likeness (QED) is 0.486. The number of rotatable bonds is 4. The van der Waals surface area contributed by atoms with E-state index in [1.54, 1.807) is 0 Å². The first-order valence-electron chi connectivity index (χ1n) is 4.85. The number of halogens is 4. The summed E-state index contributed by atoms with van der Waals surface area (Å²) in [5.74, 6) is -9.45. The van der Waals surface area contributed by atoms with Gasteiger partial charge in [-0.25, -0.2) is 9.18 Å². The molecule has 0 unspecified atom stereocenters. The number of carbonyl (C=O) groups is 2. The number of ketones is 1. The first kappa shape index (κ1) is 14.7. The van der Waals surface area contributed by atoms with Crippen LogP contribution in [0.2, 0.25) is 0 Å². The molecule has 3 nitrogen and oxygen atoms in total. The molecule has 0 aliphatic rings. The SMILES string of the molecule is CCOC(=O)C(F)(F)C(=O)c1ccc(Br)cc1F. The lowest BCUT2D eigenvalue weighted by atomic mass is 10.1. The number of ether oxygens (including phenoxy) is 1. The maximum atomic E-state index is 13.4. The number of Topliss-reactive ketones (excluding diaryl/α,β-unsaturated/α-hetero) is 1. The highest BCUT2D eigenvalue weighted by Gasteiger charge is 2.50. The number of carbonyl (C=O) groups excluding carboxylic acids is 2. The van der Waals surface area contributed by atoms with Crippen molar-refractivity contribution in [2.24, 2.45) is 0 Å². The fourth-order valence-electron chi connectivity index (χ4n) is 1.16. The van der Waals surface area contributed by atoms with E-state index in [-0.39, 0.29) is 11.1 Å². The van der Waals surface area contributed by atoms with Gasteiger partial charge in [-0.2, -0.15) is 8.78 Å². The third kappa shape index (κ3) is 2.90. The molecule has 0 saturated carbocycles. The van der Waals surface area contributed by atoms with Gasteiger partial charge in [0.2, 0.25) is 5.78 Å². The molecule has 1 rings (SSSR count). The molecule has 0 bridgehead atoms. The van der Waals surface area contributed by atoms with Gasteiger partial charge < -0.3 is 4.74 Å². The van der Waals surface area contributed by atoms with Crippen molar-refractivity contribution in [3.63, 3.8) is 0 Å². The molecule has 0 fully saturated rings. The Balaban J connectivity index is 3.09. The Kier molecular flexibility index (Phi) is 4.50. The highest BCUT2D eigenvalue weighted by Crippen LogP contribution is 2.25. The molecule has 7 heteroatoms. The molecule has 1 aromatic rings. The summed E-state index contributed by atoms with van der Waals surface area (Å²) in [7, 11) is 0. The van der Waals surface area contributed by atoms with Gasteiger partial charge in [0.05, 0.1) is 12.2 Å². The molecule has 0 aliphatic carbocycles. The Morgan fingerprint density at radius 3 is 2.50 bits per heavy atom. The van der Waals surface area contributed by atoms with Crippen molar-refractivity contribution < 1.29 is 27.5 Å². The van der Waals surface area contributed by atoms with Crippen LogP contribution >= 0.6 is 15.9 Å². The summed E-state index contributed by atoms with van der Waals surface area (Å²) < 4.78 is 44.4. The summed E-state index contributed by atoms with van der Waals surface area (Å²) >= 11 is 2.92. The van der Waals surface area contributed by atoms with E-state index in [9.17, 15) is 22.8 Å². The summed E-state index contributed by atoms with van der Waals surface area (Å²) in [4.78, 5) is 22.3. The third-order valence-electron chi connectivity index (χ3n) is 1.99. The lowest BCUT2D eigenvalue weighted by Crippen LogP contribution is -2.39.